The molecule has 5 atom stereocenters. The molecule has 160 valence electrons. The maximum atomic E-state index is 11.7. The zero-order valence-corrected chi connectivity index (χ0v) is 16.9. The quantitative estimate of drug-likeness (QED) is 0.464. The van der Waals surface area contributed by atoms with Gasteiger partial charge in [-0.25, -0.2) is 0 Å². The summed E-state index contributed by atoms with van der Waals surface area (Å²) in [4.78, 5) is 34.6. The van der Waals surface area contributed by atoms with Crippen LogP contribution in [0.1, 0.15) is 26.3 Å². The van der Waals surface area contributed by atoms with Crippen LogP contribution in [0.25, 0.3) is 0 Å². The zero-order valence-electron chi connectivity index (χ0n) is 16.9. The summed E-state index contributed by atoms with van der Waals surface area (Å²) >= 11 is 0. The molecule has 9 heteroatoms. The Bertz CT molecular complexity index is 690. The van der Waals surface area contributed by atoms with Gasteiger partial charge in [0, 0.05) is 27.9 Å². The molecule has 1 aromatic rings. The third-order valence-electron chi connectivity index (χ3n) is 4.16. The standard InChI is InChI=1S/C20H26O9/c1-12(21)25-11-16-17(27-13(2)22)18(28-14(3)23)19(20(24-4)29-16)26-10-15-8-6-5-7-9-15/h5-9,16-20H,10-11H2,1-4H3/t16-,17-,18+,19+,20-/m1/s1. The number of hydrogen-bond donors (Lipinski definition) is 0. The van der Waals surface area contributed by atoms with Gasteiger partial charge in [-0.3, -0.25) is 14.4 Å². The minimum atomic E-state index is -1.05. The Morgan fingerprint density at radius 2 is 1.52 bits per heavy atom. The smallest absolute Gasteiger partial charge is 0.303 e. The lowest BCUT2D eigenvalue weighted by molar-refractivity contribution is -0.309. The number of rotatable bonds is 8. The minimum Gasteiger partial charge on any atom is -0.463 e. The molecule has 0 amide bonds. The SMILES string of the molecule is CO[C@@H]1O[C@H](COC(C)=O)[C@@H](OC(C)=O)[C@H](OC(C)=O)[C@@H]1OCc1ccccc1. The van der Waals surface area contributed by atoms with Gasteiger partial charge in [-0.2, -0.15) is 0 Å². The number of hydrogen-bond acceptors (Lipinski definition) is 9. The van der Waals surface area contributed by atoms with Crippen molar-refractivity contribution in [1.82, 2.24) is 0 Å². The zero-order chi connectivity index (χ0) is 21.4. The number of benzene rings is 1. The predicted molar refractivity (Wildman–Crippen MR) is 98.4 cm³/mol. The van der Waals surface area contributed by atoms with Gasteiger partial charge in [0.1, 0.15) is 18.8 Å². The Morgan fingerprint density at radius 3 is 2.07 bits per heavy atom. The summed E-state index contributed by atoms with van der Waals surface area (Å²) in [6.07, 6.45) is -4.83. The van der Waals surface area contributed by atoms with Crippen molar-refractivity contribution >= 4 is 17.9 Å². The molecule has 0 aromatic heterocycles. The normalized spacial score (nSPS) is 26.4. The number of carbonyl (C=O) groups excluding carboxylic acids is 3. The van der Waals surface area contributed by atoms with Crippen molar-refractivity contribution in [1.29, 1.82) is 0 Å². The average Bonchev–Trinajstić information content (AvgIpc) is 2.67. The van der Waals surface area contributed by atoms with Gasteiger partial charge in [0.15, 0.2) is 18.5 Å². The molecule has 1 aliphatic heterocycles. The van der Waals surface area contributed by atoms with E-state index in [9.17, 15) is 14.4 Å². The van der Waals surface area contributed by atoms with Crippen LogP contribution in [0.4, 0.5) is 0 Å². The lowest BCUT2D eigenvalue weighted by Crippen LogP contribution is -2.62. The van der Waals surface area contributed by atoms with Crippen molar-refractivity contribution in [3.63, 3.8) is 0 Å². The molecule has 0 spiro atoms. The van der Waals surface area contributed by atoms with Gasteiger partial charge < -0.3 is 28.4 Å². The number of ether oxygens (including phenoxy) is 6. The molecule has 9 nitrogen and oxygen atoms in total. The summed E-state index contributed by atoms with van der Waals surface area (Å²) in [5.74, 6) is -1.74. The van der Waals surface area contributed by atoms with Gasteiger partial charge in [0.05, 0.1) is 6.61 Å². The summed E-state index contributed by atoms with van der Waals surface area (Å²) in [5, 5.41) is 0. The maximum absolute atomic E-state index is 11.7. The third kappa shape index (κ3) is 6.81. The van der Waals surface area contributed by atoms with Crippen LogP contribution in [0.15, 0.2) is 30.3 Å². The molecule has 1 saturated heterocycles. The fraction of sp³-hybridized carbons (Fsp3) is 0.550. The topological polar surface area (TPSA) is 107 Å². The van der Waals surface area contributed by atoms with Crippen molar-refractivity contribution in [3.8, 4) is 0 Å². The van der Waals surface area contributed by atoms with Crippen LogP contribution in [-0.4, -0.2) is 62.3 Å². The van der Waals surface area contributed by atoms with E-state index >= 15 is 0 Å². The number of carbonyl (C=O) groups is 3. The number of methoxy groups -OCH3 is 1. The van der Waals surface area contributed by atoms with E-state index in [-0.39, 0.29) is 13.2 Å². The lowest BCUT2D eigenvalue weighted by Gasteiger charge is -2.44. The van der Waals surface area contributed by atoms with Crippen LogP contribution in [0.2, 0.25) is 0 Å². The summed E-state index contributed by atoms with van der Waals surface area (Å²) in [6.45, 7) is 3.67. The van der Waals surface area contributed by atoms with Crippen molar-refractivity contribution in [3.05, 3.63) is 35.9 Å². The van der Waals surface area contributed by atoms with Crippen LogP contribution in [0, 0.1) is 0 Å². The van der Waals surface area contributed by atoms with Crippen molar-refractivity contribution in [2.24, 2.45) is 0 Å². The molecule has 0 bridgehead atoms. The second kappa shape index (κ2) is 10.9. The van der Waals surface area contributed by atoms with E-state index < -0.39 is 48.6 Å². The Labute approximate surface area is 169 Å². The Kier molecular flexibility index (Phi) is 8.56. The second-order valence-corrected chi connectivity index (χ2v) is 6.49. The van der Waals surface area contributed by atoms with Crippen molar-refractivity contribution in [2.45, 2.75) is 58.1 Å². The maximum Gasteiger partial charge on any atom is 0.303 e. The van der Waals surface area contributed by atoms with Crippen LogP contribution >= 0.6 is 0 Å². The third-order valence-corrected chi connectivity index (χ3v) is 4.16. The van der Waals surface area contributed by atoms with Crippen LogP contribution in [0.3, 0.4) is 0 Å². The molecule has 1 fully saturated rings. The van der Waals surface area contributed by atoms with E-state index in [0.717, 1.165) is 5.56 Å². The molecule has 1 heterocycles. The molecular weight excluding hydrogens is 384 g/mol. The van der Waals surface area contributed by atoms with Crippen molar-refractivity contribution < 1.29 is 42.8 Å². The van der Waals surface area contributed by atoms with E-state index in [1.165, 1.54) is 27.9 Å². The molecule has 2 rings (SSSR count). The molecule has 0 unspecified atom stereocenters. The highest BCUT2D eigenvalue weighted by molar-refractivity contribution is 5.67. The van der Waals surface area contributed by atoms with Gasteiger partial charge in [-0.15, -0.1) is 0 Å². The van der Waals surface area contributed by atoms with Crippen LogP contribution in [-0.2, 0) is 49.4 Å². The molecule has 1 aliphatic rings. The van der Waals surface area contributed by atoms with E-state index in [2.05, 4.69) is 0 Å². The Morgan fingerprint density at radius 1 is 0.897 bits per heavy atom. The molecular formula is C20H26O9. The first-order valence-electron chi connectivity index (χ1n) is 9.13. The largest absolute Gasteiger partial charge is 0.463 e. The van der Waals surface area contributed by atoms with E-state index in [1.807, 2.05) is 30.3 Å². The van der Waals surface area contributed by atoms with Gasteiger partial charge in [0.2, 0.25) is 0 Å². The monoisotopic (exact) mass is 410 g/mol. The minimum absolute atomic E-state index is 0.188. The fourth-order valence-electron chi connectivity index (χ4n) is 3.00. The highest BCUT2D eigenvalue weighted by atomic mass is 16.7. The van der Waals surface area contributed by atoms with Crippen molar-refractivity contribution in [2.75, 3.05) is 13.7 Å². The summed E-state index contributed by atoms with van der Waals surface area (Å²) in [7, 11) is 1.41. The van der Waals surface area contributed by atoms with E-state index in [1.54, 1.807) is 0 Å². The van der Waals surface area contributed by atoms with E-state index in [4.69, 9.17) is 28.4 Å². The highest BCUT2D eigenvalue weighted by Crippen LogP contribution is 2.30. The first-order chi connectivity index (χ1) is 13.8. The average molecular weight is 410 g/mol. The molecule has 0 radical (unpaired) electrons. The van der Waals surface area contributed by atoms with Gasteiger partial charge >= 0.3 is 17.9 Å². The van der Waals surface area contributed by atoms with Gasteiger partial charge in [0.25, 0.3) is 0 Å². The molecule has 0 saturated carbocycles. The fourth-order valence-corrected chi connectivity index (χ4v) is 3.00. The summed E-state index contributed by atoms with van der Waals surface area (Å²) < 4.78 is 32.9. The first-order valence-corrected chi connectivity index (χ1v) is 9.13. The van der Waals surface area contributed by atoms with Crippen LogP contribution < -0.4 is 0 Å². The lowest BCUT2D eigenvalue weighted by atomic mass is 9.98. The molecule has 0 aliphatic carbocycles. The first kappa shape index (κ1) is 22.8. The number of esters is 3. The Hall–Kier alpha value is -2.49. The second-order valence-electron chi connectivity index (χ2n) is 6.49. The van der Waals surface area contributed by atoms with Crippen LogP contribution in [0.5, 0.6) is 0 Å². The highest BCUT2D eigenvalue weighted by Gasteiger charge is 2.51. The molecule has 1 aromatic carbocycles. The predicted octanol–water partition coefficient (Wildman–Crippen LogP) is 1.37. The summed E-state index contributed by atoms with van der Waals surface area (Å²) in [5.41, 5.74) is 0.884. The van der Waals surface area contributed by atoms with Gasteiger partial charge in [-0.1, -0.05) is 30.3 Å². The summed E-state index contributed by atoms with van der Waals surface area (Å²) in [6, 6.07) is 9.36. The van der Waals surface area contributed by atoms with E-state index in [0.29, 0.717) is 0 Å². The molecule has 29 heavy (non-hydrogen) atoms. The Balaban J connectivity index is 2.28. The molecule has 0 N–H and O–H groups in total. The van der Waals surface area contributed by atoms with Gasteiger partial charge in [-0.05, 0) is 5.56 Å².